The third-order valence-electron chi connectivity index (χ3n) is 4.15. The number of ether oxygens (including phenoxy) is 1. The van der Waals surface area contributed by atoms with Crippen LogP contribution in [0.4, 0.5) is 0 Å². The lowest BCUT2D eigenvalue weighted by atomic mass is 10.2. The number of hydrogen-bond donors (Lipinski definition) is 1. The smallest absolute Gasteiger partial charge is 0.158 e. The van der Waals surface area contributed by atoms with Crippen molar-refractivity contribution < 1.29 is 14.5 Å². The highest BCUT2D eigenvalue weighted by atomic mass is 35.5. The first-order valence-corrected chi connectivity index (χ1v) is 7.90. The zero-order valence-corrected chi connectivity index (χ0v) is 13.0. The fourth-order valence-corrected chi connectivity index (χ4v) is 3.20. The first kappa shape index (κ1) is 14.5. The molecule has 1 aromatic carbocycles. The maximum absolute atomic E-state index is 6.16. The molecule has 3 rings (SSSR count). The number of quaternary nitrogens is 1. The second kappa shape index (κ2) is 6.54. The van der Waals surface area contributed by atoms with Gasteiger partial charge in [0.15, 0.2) is 5.76 Å². The Morgan fingerprint density at radius 1 is 1.24 bits per heavy atom. The summed E-state index contributed by atoms with van der Waals surface area (Å²) in [5, 5.41) is 3.00. The van der Waals surface area contributed by atoms with Crippen molar-refractivity contribution >= 4 is 11.6 Å². The molecule has 0 radical (unpaired) electrons. The maximum Gasteiger partial charge on any atom is 0.158 e. The Kier molecular flexibility index (Phi) is 4.51. The predicted octanol–water partition coefficient (Wildman–Crippen LogP) is 3.61. The molecule has 0 saturated heterocycles. The zero-order chi connectivity index (χ0) is 14.7. The lowest BCUT2D eigenvalue weighted by molar-refractivity contribution is -0.704. The summed E-state index contributed by atoms with van der Waals surface area (Å²) in [6, 6.07) is 10.5. The highest BCUT2D eigenvalue weighted by Crippen LogP contribution is 2.31. The van der Waals surface area contributed by atoms with Crippen LogP contribution in [0, 0.1) is 0 Å². The molecule has 0 spiro atoms. The van der Waals surface area contributed by atoms with E-state index >= 15 is 0 Å². The van der Waals surface area contributed by atoms with Crippen LogP contribution >= 0.6 is 11.6 Å². The summed E-state index contributed by atoms with van der Waals surface area (Å²) in [5.41, 5.74) is 0.980. The van der Waals surface area contributed by atoms with E-state index in [0.717, 1.165) is 29.7 Å². The molecule has 1 heterocycles. The SMILES string of the molecule is COc1ccc(-c2ccc(C[NH2+]C3CCCC3)o2)cc1Cl. The summed E-state index contributed by atoms with van der Waals surface area (Å²) in [4.78, 5) is 0. The first-order chi connectivity index (χ1) is 10.3. The average molecular weight is 307 g/mol. The van der Waals surface area contributed by atoms with Gasteiger partial charge in [0, 0.05) is 5.56 Å². The molecule has 0 bridgehead atoms. The fourth-order valence-electron chi connectivity index (χ4n) is 2.94. The summed E-state index contributed by atoms with van der Waals surface area (Å²) in [5.74, 6) is 2.56. The Morgan fingerprint density at radius 3 is 2.76 bits per heavy atom. The zero-order valence-electron chi connectivity index (χ0n) is 12.3. The molecule has 0 unspecified atom stereocenters. The van der Waals surface area contributed by atoms with Crippen molar-refractivity contribution in [3.05, 3.63) is 41.1 Å². The van der Waals surface area contributed by atoms with Gasteiger partial charge >= 0.3 is 0 Å². The summed E-state index contributed by atoms with van der Waals surface area (Å²) in [6.07, 6.45) is 5.41. The van der Waals surface area contributed by atoms with Gasteiger partial charge in [-0.1, -0.05) is 11.6 Å². The molecule has 21 heavy (non-hydrogen) atoms. The Balaban J connectivity index is 1.67. The summed E-state index contributed by atoms with van der Waals surface area (Å²) < 4.78 is 11.1. The van der Waals surface area contributed by atoms with E-state index in [1.807, 2.05) is 24.3 Å². The predicted molar refractivity (Wildman–Crippen MR) is 83.6 cm³/mol. The van der Waals surface area contributed by atoms with E-state index in [9.17, 15) is 0 Å². The normalized spacial score (nSPS) is 15.5. The standard InChI is InChI=1S/C17H20ClNO2/c1-20-17-8-6-12(10-15(17)18)16-9-7-14(21-16)11-19-13-4-2-3-5-13/h6-10,13,19H,2-5,11H2,1H3/p+1. The van der Waals surface area contributed by atoms with Gasteiger partial charge in [-0.3, -0.25) is 0 Å². The van der Waals surface area contributed by atoms with Crippen molar-refractivity contribution in [3.63, 3.8) is 0 Å². The summed E-state index contributed by atoms with van der Waals surface area (Å²) >= 11 is 6.16. The number of benzene rings is 1. The van der Waals surface area contributed by atoms with E-state index < -0.39 is 0 Å². The number of methoxy groups -OCH3 is 1. The first-order valence-electron chi connectivity index (χ1n) is 7.52. The average Bonchev–Trinajstić information content (AvgIpc) is 3.16. The molecule has 1 fully saturated rings. The van der Waals surface area contributed by atoms with Crippen LogP contribution in [0.25, 0.3) is 11.3 Å². The van der Waals surface area contributed by atoms with Gasteiger partial charge < -0.3 is 14.5 Å². The number of halogens is 1. The molecule has 0 atom stereocenters. The van der Waals surface area contributed by atoms with Crippen LogP contribution in [-0.2, 0) is 6.54 Å². The highest BCUT2D eigenvalue weighted by Gasteiger charge is 2.18. The van der Waals surface area contributed by atoms with Crippen LogP contribution in [0.15, 0.2) is 34.7 Å². The van der Waals surface area contributed by atoms with Crippen molar-refractivity contribution in [2.24, 2.45) is 0 Å². The Labute approximate surface area is 130 Å². The van der Waals surface area contributed by atoms with Crippen LogP contribution in [0.2, 0.25) is 5.02 Å². The number of furan rings is 1. The molecule has 1 saturated carbocycles. The highest BCUT2D eigenvalue weighted by molar-refractivity contribution is 6.32. The number of hydrogen-bond acceptors (Lipinski definition) is 2. The lowest BCUT2D eigenvalue weighted by Gasteiger charge is -2.06. The molecule has 1 aromatic heterocycles. The number of nitrogens with two attached hydrogens (primary N) is 1. The van der Waals surface area contributed by atoms with Gasteiger partial charge in [-0.2, -0.15) is 0 Å². The Morgan fingerprint density at radius 2 is 2.05 bits per heavy atom. The van der Waals surface area contributed by atoms with Crippen molar-refractivity contribution in [1.82, 2.24) is 0 Å². The second-order valence-corrected chi connectivity index (χ2v) is 6.01. The van der Waals surface area contributed by atoms with E-state index in [2.05, 4.69) is 11.4 Å². The van der Waals surface area contributed by atoms with E-state index in [1.165, 1.54) is 25.7 Å². The minimum atomic E-state index is 0.602. The number of rotatable bonds is 5. The minimum Gasteiger partial charge on any atom is -0.495 e. The molecule has 2 aromatic rings. The minimum absolute atomic E-state index is 0.602. The monoisotopic (exact) mass is 306 g/mol. The van der Waals surface area contributed by atoms with Gasteiger partial charge in [0.05, 0.1) is 18.2 Å². The Hall–Kier alpha value is -1.45. The van der Waals surface area contributed by atoms with Gasteiger partial charge in [-0.05, 0) is 56.0 Å². The molecule has 3 nitrogen and oxygen atoms in total. The Bertz CT molecular complexity index is 603. The quantitative estimate of drug-likeness (QED) is 0.916. The van der Waals surface area contributed by atoms with E-state index in [4.69, 9.17) is 20.8 Å². The van der Waals surface area contributed by atoms with Crippen LogP contribution in [0.3, 0.4) is 0 Å². The van der Waals surface area contributed by atoms with Crippen molar-refractivity contribution in [2.45, 2.75) is 38.3 Å². The third kappa shape index (κ3) is 3.42. The summed E-state index contributed by atoms with van der Waals surface area (Å²) in [7, 11) is 1.62. The van der Waals surface area contributed by atoms with Crippen molar-refractivity contribution in [2.75, 3.05) is 7.11 Å². The van der Waals surface area contributed by atoms with Crippen molar-refractivity contribution in [1.29, 1.82) is 0 Å². The van der Waals surface area contributed by atoms with Crippen LogP contribution in [0.5, 0.6) is 5.75 Å². The van der Waals surface area contributed by atoms with Gasteiger partial charge in [0.1, 0.15) is 18.1 Å². The van der Waals surface area contributed by atoms with Gasteiger partial charge in [0.2, 0.25) is 0 Å². The molecule has 4 heteroatoms. The van der Waals surface area contributed by atoms with Crippen molar-refractivity contribution in [3.8, 4) is 17.1 Å². The molecule has 0 amide bonds. The topological polar surface area (TPSA) is 39.0 Å². The van der Waals surface area contributed by atoms with Crippen LogP contribution < -0.4 is 10.1 Å². The largest absolute Gasteiger partial charge is 0.495 e. The van der Waals surface area contributed by atoms with E-state index in [0.29, 0.717) is 10.8 Å². The van der Waals surface area contributed by atoms with Crippen LogP contribution in [0.1, 0.15) is 31.4 Å². The van der Waals surface area contributed by atoms with Gasteiger partial charge in [0.25, 0.3) is 0 Å². The lowest BCUT2D eigenvalue weighted by Crippen LogP contribution is -2.87. The third-order valence-corrected chi connectivity index (χ3v) is 4.45. The molecular weight excluding hydrogens is 286 g/mol. The van der Waals surface area contributed by atoms with E-state index in [-0.39, 0.29) is 0 Å². The van der Waals surface area contributed by atoms with E-state index in [1.54, 1.807) is 7.11 Å². The fraction of sp³-hybridized carbons (Fsp3) is 0.412. The maximum atomic E-state index is 6.16. The molecule has 1 aliphatic rings. The second-order valence-electron chi connectivity index (χ2n) is 5.60. The van der Waals surface area contributed by atoms with Crippen LogP contribution in [-0.4, -0.2) is 13.2 Å². The molecule has 1 aliphatic carbocycles. The molecular formula is C17H21ClNO2+. The molecule has 0 aliphatic heterocycles. The van der Waals surface area contributed by atoms with Gasteiger partial charge in [-0.15, -0.1) is 0 Å². The van der Waals surface area contributed by atoms with Gasteiger partial charge in [-0.25, -0.2) is 0 Å². The molecule has 2 N–H and O–H groups in total. The summed E-state index contributed by atoms with van der Waals surface area (Å²) in [6.45, 7) is 0.911. The molecule has 112 valence electrons.